The highest BCUT2D eigenvalue weighted by atomic mass is 79.9. The summed E-state index contributed by atoms with van der Waals surface area (Å²) in [6.07, 6.45) is 0.603. The molecule has 1 amide bonds. The van der Waals surface area contributed by atoms with Crippen LogP contribution in [0.1, 0.15) is 32.5 Å². The van der Waals surface area contributed by atoms with Crippen molar-refractivity contribution in [1.29, 1.82) is 0 Å². The van der Waals surface area contributed by atoms with Crippen molar-refractivity contribution in [3.63, 3.8) is 0 Å². The van der Waals surface area contributed by atoms with Gasteiger partial charge in [0, 0.05) is 14.9 Å². The minimum Gasteiger partial charge on any atom is -0.478 e. The van der Waals surface area contributed by atoms with E-state index in [1.807, 2.05) is 31.2 Å². The van der Waals surface area contributed by atoms with Crippen LogP contribution >= 0.6 is 27.3 Å². The zero-order chi connectivity index (χ0) is 19.6. The highest BCUT2D eigenvalue weighted by molar-refractivity contribution is 9.10. The van der Waals surface area contributed by atoms with Crippen molar-refractivity contribution in [1.82, 2.24) is 0 Å². The van der Waals surface area contributed by atoms with Crippen LogP contribution in [0.5, 0.6) is 0 Å². The first-order valence-corrected chi connectivity index (χ1v) is 9.74. The molecule has 0 radical (unpaired) electrons. The fraction of sp³-hybridized carbons (Fsp3) is 0.100. The summed E-state index contributed by atoms with van der Waals surface area (Å²) in [6, 6.07) is 12.9. The molecule has 138 valence electrons. The second-order valence-electron chi connectivity index (χ2n) is 5.70. The molecule has 1 aromatic heterocycles. The fourth-order valence-electron chi connectivity index (χ4n) is 2.76. The molecule has 0 bridgehead atoms. The normalized spacial score (nSPS) is 10.6. The van der Waals surface area contributed by atoms with Crippen molar-refractivity contribution >= 4 is 44.1 Å². The number of benzene rings is 2. The second-order valence-corrected chi connectivity index (χ2v) is 7.72. The molecule has 0 aliphatic carbocycles. The Morgan fingerprint density at radius 3 is 2.41 bits per heavy atom. The molecule has 1 heterocycles. The van der Waals surface area contributed by atoms with Crippen molar-refractivity contribution in [2.24, 2.45) is 0 Å². The van der Waals surface area contributed by atoms with Crippen LogP contribution in [0.4, 0.5) is 9.39 Å². The van der Waals surface area contributed by atoms with Crippen LogP contribution < -0.4 is 5.32 Å². The van der Waals surface area contributed by atoms with Crippen molar-refractivity contribution in [2.45, 2.75) is 13.3 Å². The Morgan fingerprint density at radius 1 is 1.15 bits per heavy atom. The number of anilines is 1. The van der Waals surface area contributed by atoms with Crippen LogP contribution in [0.3, 0.4) is 0 Å². The summed E-state index contributed by atoms with van der Waals surface area (Å²) >= 11 is 4.56. The zero-order valence-corrected chi connectivity index (χ0v) is 16.7. The van der Waals surface area contributed by atoms with Crippen molar-refractivity contribution in [3.05, 3.63) is 74.8 Å². The summed E-state index contributed by atoms with van der Waals surface area (Å²) in [6.45, 7) is 1.92. The number of aryl methyl sites for hydroxylation is 1. The number of carboxylic acids is 1. The molecule has 0 unspecified atom stereocenters. The summed E-state index contributed by atoms with van der Waals surface area (Å²) in [5.74, 6) is -2.48. The number of carbonyl (C=O) groups is 2. The number of halogens is 2. The Bertz CT molecular complexity index is 1010. The van der Waals surface area contributed by atoms with Gasteiger partial charge in [-0.3, -0.25) is 4.79 Å². The van der Waals surface area contributed by atoms with Gasteiger partial charge in [0.1, 0.15) is 16.4 Å². The van der Waals surface area contributed by atoms with Gasteiger partial charge in [-0.1, -0.05) is 47.1 Å². The summed E-state index contributed by atoms with van der Waals surface area (Å²) in [7, 11) is 0. The Hall–Kier alpha value is -2.51. The number of carbonyl (C=O) groups excluding carboxylic acids is 1. The number of thiophene rings is 1. The van der Waals surface area contributed by atoms with Crippen molar-refractivity contribution in [3.8, 4) is 11.1 Å². The summed E-state index contributed by atoms with van der Waals surface area (Å²) in [4.78, 5) is 25.3. The topological polar surface area (TPSA) is 66.4 Å². The van der Waals surface area contributed by atoms with Gasteiger partial charge in [-0.15, -0.1) is 11.3 Å². The minimum absolute atomic E-state index is 0.0175. The van der Waals surface area contributed by atoms with Crippen LogP contribution in [0.15, 0.2) is 53.0 Å². The number of amides is 1. The Kier molecular flexibility index (Phi) is 5.72. The van der Waals surface area contributed by atoms with E-state index in [4.69, 9.17) is 0 Å². The van der Waals surface area contributed by atoms with E-state index >= 15 is 0 Å². The molecule has 0 aliphatic heterocycles. The molecule has 7 heteroatoms. The molecule has 27 heavy (non-hydrogen) atoms. The third-order valence-corrected chi connectivity index (χ3v) is 5.77. The molecule has 3 rings (SSSR count). The Labute approximate surface area is 167 Å². The summed E-state index contributed by atoms with van der Waals surface area (Å²) in [5.41, 5.74) is 1.20. The highest BCUT2D eigenvalue weighted by Gasteiger charge is 2.25. The number of hydrogen-bond donors (Lipinski definition) is 2. The van der Waals surface area contributed by atoms with E-state index in [0.717, 1.165) is 14.9 Å². The van der Waals surface area contributed by atoms with E-state index in [1.165, 1.54) is 29.5 Å². The molecule has 0 saturated carbocycles. The summed E-state index contributed by atoms with van der Waals surface area (Å²) in [5, 5.41) is 12.6. The Morgan fingerprint density at radius 2 is 1.81 bits per heavy atom. The average molecular weight is 448 g/mol. The van der Waals surface area contributed by atoms with Gasteiger partial charge in [0.15, 0.2) is 0 Å². The fourth-order valence-corrected chi connectivity index (χ4v) is 4.17. The molecule has 2 N–H and O–H groups in total. The lowest BCUT2D eigenvalue weighted by Crippen LogP contribution is -2.15. The summed E-state index contributed by atoms with van der Waals surface area (Å²) < 4.78 is 14.8. The van der Waals surface area contributed by atoms with E-state index in [0.29, 0.717) is 12.0 Å². The third kappa shape index (κ3) is 3.94. The smallest absolute Gasteiger partial charge is 0.339 e. The molecule has 0 aliphatic rings. The van der Waals surface area contributed by atoms with Crippen LogP contribution in [0, 0.1) is 5.82 Å². The van der Waals surface area contributed by atoms with Crippen molar-refractivity contribution in [2.75, 3.05) is 5.32 Å². The number of aromatic carboxylic acids is 1. The zero-order valence-electron chi connectivity index (χ0n) is 14.3. The molecule has 4 nitrogen and oxygen atoms in total. The van der Waals surface area contributed by atoms with E-state index < -0.39 is 17.7 Å². The van der Waals surface area contributed by atoms with Gasteiger partial charge in [-0.2, -0.15) is 0 Å². The van der Waals surface area contributed by atoms with Gasteiger partial charge in [-0.25, -0.2) is 9.18 Å². The van der Waals surface area contributed by atoms with Gasteiger partial charge < -0.3 is 10.4 Å². The molecule has 0 spiro atoms. The van der Waals surface area contributed by atoms with E-state index in [1.54, 1.807) is 6.07 Å². The lowest BCUT2D eigenvalue weighted by molar-refractivity contribution is 0.0699. The largest absolute Gasteiger partial charge is 0.478 e. The lowest BCUT2D eigenvalue weighted by atomic mass is 10.00. The maximum atomic E-state index is 13.9. The maximum Gasteiger partial charge on any atom is 0.339 e. The van der Waals surface area contributed by atoms with Gasteiger partial charge in [0.2, 0.25) is 0 Å². The SMILES string of the molecule is CCc1sc(NC(=O)c2ccccc2F)c(C(=O)O)c1-c1ccc(Br)cc1. The van der Waals surface area contributed by atoms with Gasteiger partial charge >= 0.3 is 5.97 Å². The van der Waals surface area contributed by atoms with Crippen LogP contribution in [0.2, 0.25) is 0 Å². The standard InChI is InChI=1S/C20H15BrFNO3S/c1-2-15-16(11-7-9-12(21)10-8-11)17(20(25)26)19(27-15)23-18(24)13-5-3-4-6-14(13)22/h3-10H,2H2,1H3,(H,23,24)(H,25,26). The Balaban J connectivity index is 2.08. The van der Waals surface area contributed by atoms with E-state index in [9.17, 15) is 19.1 Å². The average Bonchev–Trinajstić information content (AvgIpc) is 3.01. The number of rotatable bonds is 5. The van der Waals surface area contributed by atoms with Crippen LogP contribution in [-0.4, -0.2) is 17.0 Å². The molecular formula is C20H15BrFNO3S. The minimum atomic E-state index is -1.15. The molecular weight excluding hydrogens is 433 g/mol. The molecule has 0 saturated heterocycles. The molecule has 3 aromatic rings. The predicted octanol–water partition coefficient (Wildman–Crippen LogP) is 5.83. The first kappa shape index (κ1) is 19.3. The van der Waals surface area contributed by atoms with Gasteiger partial charge in [-0.05, 0) is 36.2 Å². The van der Waals surface area contributed by atoms with E-state index in [2.05, 4.69) is 21.2 Å². The first-order chi connectivity index (χ1) is 12.9. The first-order valence-electron chi connectivity index (χ1n) is 8.13. The second kappa shape index (κ2) is 8.02. The van der Waals surface area contributed by atoms with Crippen LogP contribution in [0.25, 0.3) is 11.1 Å². The van der Waals surface area contributed by atoms with Crippen LogP contribution in [-0.2, 0) is 6.42 Å². The predicted molar refractivity (Wildman–Crippen MR) is 108 cm³/mol. The number of carboxylic acid groups (broad SMARTS) is 1. The van der Waals surface area contributed by atoms with Crippen molar-refractivity contribution < 1.29 is 19.1 Å². The lowest BCUT2D eigenvalue weighted by Gasteiger charge is -2.07. The molecule has 0 fully saturated rings. The number of nitrogens with one attached hydrogen (secondary N) is 1. The molecule has 0 atom stereocenters. The monoisotopic (exact) mass is 447 g/mol. The van der Waals surface area contributed by atoms with Gasteiger partial charge in [0.05, 0.1) is 5.56 Å². The number of hydrogen-bond acceptors (Lipinski definition) is 3. The maximum absolute atomic E-state index is 13.9. The van der Waals surface area contributed by atoms with Gasteiger partial charge in [0.25, 0.3) is 5.91 Å². The highest BCUT2D eigenvalue weighted by Crippen LogP contribution is 2.41. The quantitative estimate of drug-likeness (QED) is 0.516. The van der Waals surface area contributed by atoms with E-state index in [-0.39, 0.29) is 16.1 Å². The molecule has 2 aromatic carbocycles. The third-order valence-electron chi connectivity index (χ3n) is 3.99.